The third-order valence-corrected chi connectivity index (χ3v) is 3.34. The van der Waals surface area contributed by atoms with E-state index in [1.165, 1.54) is 0 Å². The highest BCUT2D eigenvalue weighted by atomic mass is 32.2. The van der Waals surface area contributed by atoms with Gasteiger partial charge in [0.25, 0.3) is 6.43 Å². The highest BCUT2D eigenvalue weighted by Crippen LogP contribution is 2.25. The summed E-state index contributed by atoms with van der Waals surface area (Å²) in [7, 11) is 0. The largest absolute Gasteiger partial charge is 0.375 e. The van der Waals surface area contributed by atoms with Gasteiger partial charge < -0.3 is 4.74 Å². The fraction of sp³-hybridized carbons (Fsp3) is 0.308. The molecular formula is C13H13F2NOS. The van der Waals surface area contributed by atoms with Gasteiger partial charge in [-0.2, -0.15) is 0 Å². The molecule has 0 amide bonds. The Morgan fingerprint density at radius 1 is 1.22 bits per heavy atom. The van der Waals surface area contributed by atoms with Gasteiger partial charge in [0, 0.05) is 22.2 Å². The van der Waals surface area contributed by atoms with Crippen LogP contribution in [0.15, 0.2) is 41.4 Å². The summed E-state index contributed by atoms with van der Waals surface area (Å²) in [6.07, 6.45) is -0.645. The Labute approximate surface area is 108 Å². The van der Waals surface area contributed by atoms with Crippen LogP contribution in [0.25, 0.3) is 10.9 Å². The number of rotatable bonds is 6. The molecule has 0 aliphatic heterocycles. The van der Waals surface area contributed by atoms with Crippen LogP contribution in [0.1, 0.15) is 0 Å². The number of fused-ring (bicyclic) bond motifs is 1. The first kappa shape index (κ1) is 13.2. The molecule has 0 fully saturated rings. The lowest BCUT2D eigenvalue weighted by atomic mass is 10.2. The Hall–Kier alpha value is -1.20. The maximum Gasteiger partial charge on any atom is 0.261 e. The van der Waals surface area contributed by atoms with Crippen LogP contribution < -0.4 is 0 Å². The van der Waals surface area contributed by atoms with Gasteiger partial charge in [-0.15, -0.1) is 11.8 Å². The van der Waals surface area contributed by atoms with Gasteiger partial charge in [-0.25, -0.2) is 8.78 Å². The fourth-order valence-electron chi connectivity index (χ4n) is 1.58. The lowest BCUT2D eigenvalue weighted by Crippen LogP contribution is -2.06. The van der Waals surface area contributed by atoms with E-state index in [0.29, 0.717) is 12.4 Å². The Morgan fingerprint density at radius 2 is 2.06 bits per heavy atom. The van der Waals surface area contributed by atoms with Crippen LogP contribution in [0.2, 0.25) is 0 Å². The molecule has 1 aromatic carbocycles. The monoisotopic (exact) mass is 269 g/mol. The van der Waals surface area contributed by atoms with E-state index in [-0.39, 0.29) is 0 Å². The maximum absolute atomic E-state index is 11.9. The zero-order chi connectivity index (χ0) is 12.8. The smallest absolute Gasteiger partial charge is 0.261 e. The van der Waals surface area contributed by atoms with E-state index < -0.39 is 13.0 Å². The summed E-state index contributed by atoms with van der Waals surface area (Å²) >= 11 is 1.57. The van der Waals surface area contributed by atoms with Crippen molar-refractivity contribution in [2.45, 2.75) is 11.3 Å². The molecule has 0 atom stereocenters. The zero-order valence-corrected chi connectivity index (χ0v) is 10.5. The summed E-state index contributed by atoms with van der Waals surface area (Å²) in [5.41, 5.74) is 0.943. The van der Waals surface area contributed by atoms with Crippen LogP contribution in [0.3, 0.4) is 0 Å². The van der Waals surface area contributed by atoms with Crippen molar-refractivity contribution in [3.63, 3.8) is 0 Å². The van der Waals surface area contributed by atoms with Gasteiger partial charge in [-0.05, 0) is 12.1 Å². The highest BCUT2D eigenvalue weighted by Gasteiger charge is 2.04. The number of thioether (sulfide) groups is 1. The molecular weight excluding hydrogens is 256 g/mol. The van der Waals surface area contributed by atoms with Crippen molar-refractivity contribution in [1.29, 1.82) is 0 Å². The van der Waals surface area contributed by atoms with E-state index in [9.17, 15) is 8.78 Å². The van der Waals surface area contributed by atoms with Crippen molar-refractivity contribution < 1.29 is 13.5 Å². The molecule has 2 aromatic rings. The first-order valence-electron chi connectivity index (χ1n) is 5.60. The molecule has 1 aromatic heterocycles. The predicted octanol–water partition coefficient (Wildman–Crippen LogP) is 3.61. The molecule has 0 unspecified atom stereocenters. The fourth-order valence-corrected chi connectivity index (χ4v) is 2.48. The maximum atomic E-state index is 11.9. The van der Waals surface area contributed by atoms with E-state index in [4.69, 9.17) is 4.74 Å². The Kier molecular flexibility index (Phi) is 4.90. The Morgan fingerprint density at radius 3 is 2.89 bits per heavy atom. The lowest BCUT2D eigenvalue weighted by Gasteiger charge is -2.06. The minimum absolute atomic E-state index is 0.318. The minimum Gasteiger partial charge on any atom is -0.375 e. The molecule has 1 heterocycles. The van der Waals surface area contributed by atoms with Crippen LogP contribution >= 0.6 is 11.8 Å². The number of alkyl halides is 2. The summed E-state index contributed by atoms with van der Waals surface area (Å²) in [5, 5.41) is 1.08. The standard InChI is InChI=1S/C13H13F2NOS/c14-12(15)9-17-7-8-18-11-5-1-3-10-4-2-6-16-13(10)11/h1-6,12H,7-9H2. The van der Waals surface area contributed by atoms with E-state index >= 15 is 0 Å². The number of ether oxygens (including phenoxy) is 1. The number of aromatic nitrogens is 1. The molecule has 0 radical (unpaired) electrons. The molecule has 96 valence electrons. The average molecular weight is 269 g/mol. The van der Waals surface area contributed by atoms with E-state index in [0.717, 1.165) is 15.8 Å². The minimum atomic E-state index is -2.39. The first-order chi connectivity index (χ1) is 8.77. The number of hydrogen-bond donors (Lipinski definition) is 0. The van der Waals surface area contributed by atoms with E-state index in [1.807, 2.05) is 30.3 Å². The van der Waals surface area contributed by atoms with Crippen molar-refractivity contribution in [3.05, 3.63) is 36.5 Å². The molecule has 2 nitrogen and oxygen atoms in total. The van der Waals surface area contributed by atoms with Gasteiger partial charge in [0.2, 0.25) is 0 Å². The molecule has 0 aliphatic rings. The molecule has 0 N–H and O–H groups in total. The number of nitrogens with zero attached hydrogens (tertiary/aromatic N) is 1. The molecule has 0 aliphatic carbocycles. The second kappa shape index (κ2) is 6.66. The van der Waals surface area contributed by atoms with Crippen molar-refractivity contribution in [2.24, 2.45) is 0 Å². The van der Waals surface area contributed by atoms with Crippen molar-refractivity contribution in [3.8, 4) is 0 Å². The second-order valence-corrected chi connectivity index (χ2v) is 4.78. The molecule has 0 spiro atoms. The van der Waals surface area contributed by atoms with Gasteiger partial charge >= 0.3 is 0 Å². The van der Waals surface area contributed by atoms with E-state index in [2.05, 4.69) is 4.98 Å². The van der Waals surface area contributed by atoms with Crippen molar-refractivity contribution >= 4 is 22.7 Å². The number of pyridine rings is 1. The molecule has 0 saturated carbocycles. The van der Waals surface area contributed by atoms with Crippen LogP contribution in [0.4, 0.5) is 8.78 Å². The first-order valence-corrected chi connectivity index (χ1v) is 6.58. The van der Waals surface area contributed by atoms with E-state index in [1.54, 1.807) is 18.0 Å². The number of benzene rings is 1. The normalized spacial score (nSPS) is 11.3. The number of halogens is 2. The third kappa shape index (κ3) is 3.65. The average Bonchev–Trinajstić information content (AvgIpc) is 2.38. The predicted molar refractivity (Wildman–Crippen MR) is 69.3 cm³/mol. The van der Waals surface area contributed by atoms with Gasteiger partial charge in [-0.3, -0.25) is 4.98 Å². The SMILES string of the molecule is FC(F)COCCSc1cccc2cccnc12. The third-order valence-electron chi connectivity index (χ3n) is 2.32. The number of para-hydroxylation sites is 1. The van der Waals surface area contributed by atoms with Gasteiger partial charge in [0.05, 0.1) is 12.1 Å². The lowest BCUT2D eigenvalue weighted by molar-refractivity contribution is 0.0237. The second-order valence-electron chi connectivity index (χ2n) is 3.65. The van der Waals surface area contributed by atoms with Gasteiger partial charge in [-0.1, -0.05) is 18.2 Å². The zero-order valence-electron chi connectivity index (χ0n) is 9.68. The van der Waals surface area contributed by atoms with Crippen molar-refractivity contribution in [1.82, 2.24) is 4.98 Å². The van der Waals surface area contributed by atoms with Crippen molar-refractivity contribution in [2.75, 3.05) is 19.0 Å². The van der Waals surface area contributed by atoms with Crippen LogP contribution in [-0.2, 0) is 4.74 Å². The quantitative estimate of drug-likeness (QED) is 0.591. The van der Waals surface area contributed by atoms with Gasteiger partial charge in [0.15, 0.2) is 0 Å². The molecule has 5 heteroatoms. The summed E-state index contributed by atoms with van der Waals surface area (Å²) < 4.78 is 28.5. The van der Waals surface area contributed by atoms with Crippen LogP contribution in [0.5, 0.6) is 0 Å². The summed E-state index contributed by atoms with van der Waals surface area (Å²) in [4.78, 5) is 5.38. The highest BCUT2D eigenvalue weighted by molar-refractivity contribution is 7.99. The molecule has 18 heavy (non-hydrogen) atoms. The van der Waals surface area contributed by atoms with Crippen LogP contribution in [-0.4, -0.2) is 30.4 Å². The van der Waals surface area contributed by atoms with Gasteiger partial charge in [0.1, 0.15) is 6.61 Å². The Balaban J connectivity index is 1.91. The Bertz CT molecular complexity index is 502. The summed E-state index contributed by atoms with van der Waals surface area (Å²) in [5.74, 6) is 0.641. The summed E-state index contributed by atoms with van der Waals surface area (Å²) in [6.45, 7) is -0.174. The topological polar surface area (TPSA) is 22.1 Å². The molecule has 2 rings (SSSR count). The molecule has 0 bridgehead atoms. The van der Waals surface area contributed by atoms with Crippen LogP contribution in [0, 0.1) is 0 Å². The number of hydrogen-bond acceptors (Lipinski definition) is 3. The summed E-state index contributed by atoms with van der Waals surface area (Å²) in [6, 6.07) is 9.83. The molecule has 0 saturated heterocycles.